The molecule has 0 bridgehead atoms. The van der Waals surface area contributed by atoms with Crippen molar-refractivity contribution < 1.29 is 8.42 Å². The Bertz CT molecular complexity index is 716. The number of nitrogen functional groups attached to an aromatic ring is 1. The molecule has 0 fully saturated rings. The molecule has 0 aromatic heterocycles. The first-order valence-corrected chi connectivity index (χ1v) is 8.74. The van der Waals surface area contributed by atoms with Crippen molar-refractivity contribution >= 4 is 47.6 Å². The van der Waals surface area contributed by atoms with Crippen LogP contribution in [-0.4, -0.2) is 8.42 Å². The van der Waals surface area contributed by atoms with E-state index in [9.17, 15) is 8.42 Å². The molecule has 0 amide bonds. The summed E-state index contributed by atoms with van der Waals surface area (Å²) in [7, 11) is -3.64. The minimum absolute atomic E-state index is 0.0731. The van der Waals surface area contributed by atoms with E-state index < -0.39 is 10.0 Å². The van der Waals surface area contributed by atoms with Crippen LogP contribution in [0.25, 0.3) is 0 Å². The van der Waals surface area contributed by atoms with E-state index in [1.807, 2.05) is 24.3 Å². The van der Waals surface area contributed by atoms with Crippen LogP contribution in [0.2, 0.25) is 0 Å². The van der Waals surface area contributed by atoms with Crippen molar-refractivity contribution in [3.05, 3.63) is 57.0 Å². The first-order chi connectivity index (χ1) is 9.38. The predicted molar refractivity (Wildman–Crippen MR) is 86.7 cm³/mol. The van der Waals surface area contributed by atoms with Crippen molar-refractivity contribution in [1.82, 2.24) is 4.72 Å². The minimum Gasteiger partial charge on any atom is -0.398 e. The zero-order valence-electron chi connectivity index (χ0n) is 10.3. The average Bonchev–Trinajstić information content (AvgIpc) is 2.41. The van der Waals surface area contributed by atoms with Crippen LogP contribution in [0.3, 0.4) is 0 Å². The Kier molecular flexibility index (Phi) is 4.85. The van der Waals surface area contributed by atoms with Gasteiger partial charge in [-0.05, 0) is 35.9 Å². The summed E-state index contributed by atoms with van der Waals surface area (Å²) in [6.07, 6.45) is 0. The van der Waals surface area contributed by atoms with E-state index in [2.05, 4.69) is 36.6 Å². The summed E-state index contributed by atoms with van der Waals surface area (Å²) in [5, 5.41) is 0. The van der Waals surface area contributed by atoms with E-state index in [-0.39, 0.29) is 17.1 Å². The molecule has 0 aliphatic heterocycles. The van der Waals surface area contributed by atoms with Crippen molar-refractivity contribution in [2.75, 3.05) is 5.73 Å². The van der Waals surface area contributed by atoms with E-state index in [1.165, 1.54) is 6.07 Å². The van der Waals surface area contributed by atoms with Gasteiger partial charge in [-0.15, -0.1) is 0 Å². The van der Waals surface area contributed by atoms with Crippen LogP contribution in [0.1, 0.15) is 5.56 Å². The van der Waals surface area contributed by atoms with Crippen molar-refractivity contribution in [1.29, 1.82) is 0 Å². The Labute approximate surface area is 134 Å². The lowest BCUT2D eigenvalue weighted by molar-refractivity contribution is 0.581. The maximum atomic E-state index is 12.2. The standard InChI is InChI=1S/C13H12Br2N2O2S/c14-10-3-1-9(2-4-10)8-17-20(18,19)13-7-11(15)5-6-12(13)16/h1-7,17H,8,16H2. The summed E-state index contributed by atoms with van der Waals surface area (Å²) in [5.74, 6) is 0. The number of sulfonamides is 1. The van der Waals surface area contributed by atoms with Crippen LogP contribution < -0.4 is 10.5 Å². The second-order valence-corrected chi connectivity index (χ2v) is 7.70. The third-order valence-electron chi connectivity index (χ3n) is 2.64. The fraction of sp³-hybridized carbons (Fsp3) is 0.0769. The molecule has 7 heteroatoms. The largest absolute Gasteiger partial charge is 0.398 e. The maximum absolute atomic E-state index is 12.2. The molecule has 3 N–H and O–H groups in total. The van der Waals surface area contributed by atoms with Crippen molar-refractivity contribution in [3.8, 4) is 0 Å². The predicted octanol–water partition coefficient (Wildman–Crippen LogP) is 3.27. The SMILES string of the molecule is Nc1ccc(Br)cc1S(=O)(=O)NCc1ccc(Br)cc1. The van der Waals surface area contributed by atoms with Crippen LogP contribution >= 0.6 is 31.9 Å². The van der Waals surface area contributed by atoms with Gasteiger partial charge in [-0.1, -0.05) is 44.0 Å². The molecule has 0 atom stereocenters. The van der Waals surface area contributed by atoms with Gasteiger partial charge in [0, 0.05) is 15.5 Å². The Morgan fingerprint density at radius 2 is 1.60 bits per heavy atom. The summed E-state index contributed by atoms with van der Waals surface area (Å²) in [5.41, 5.74) is 6.80. The summed E-state index contributed by atoms with van der Waals surface area (Å²) >= 11 is 6.57. The zero-order chi connectivity index (χ0) is 14.8. The number of nitrogens with two attached hydrogens (primary N) is 1. The molecule has 0 heterocycles. The van der Waals surface area contributed by atoms with E-state index in [0.717, 1.165) is 10.0 Å². The van der Waals surface area contributed by atoms with Gasteiger partial charge in [0.1, 0.15) is 4.90 Å². The highest BCUT2D eigenvalue weighted by Gasteiger charge is 2.17. The molecule has 0 aliphatic rings. The molecule has 106 valence electrons. The molecule has 2 rings (SSSR count). The third-order valence-corrected chi connectivity index (χ3v) is 5.12. The molecule has 2 aromatic rings. The Hall–Kier alpha value is -0.890. The highest BCUT2D eigenvalue weighted by atomic mass is 79.9. The molecule has 0 aliphatic carbocycles. The van der Waals surface area contributed by atoms with Gasteiger partial charge in [0.05, 0.1) is 5.69 Å². The number of rotatable bonds is 4. The lowest BCUT2D eigenvalue weighted by Gasteiger charge is -2.09. The Balaban J connectivity index is 2.19. The van der Waals surface area contributed by atoms with Crippen LogP contribution in [0, 0.1) is 0 Å². The van der Waals surface area contributed by atoms with Gasteiger partial charge < -0.3 is 5.73 Å². The topological polar surface area (TPSA) is 72.2 Å². The molecule has 0 spiro atoms. The van der Waals surface area contributed by atoms with Gasteiger partial charge in [0.2, 0.25) is 10.0 Å². The molecular formula is C13H12Br2N2O2S. The maximum Gasteiger partial charge on any atom is 0.242 e. The quantitative estimate of drug-likeness (QED) is 0.747. The molecule has 2 aromatic carbocycles. The van der Waals surface area contributed by atoms with Crippen LogP contribution in [-0.2, 0) is 16.6 Å². The molecule has 20 heavy (non-hydrogen) atoms. The molecule has 0 saturated carbocycles. The highest BCUT2D eigenvalue weighted by Crippen LogP contribution is 2.23. The number of anilines is 1. The summed E-state index contributed by atoms with van der Waals surface area (Å²) < 4.78 is 28.6. The lowest BCUT2D eigenvalue weighted by atomic mass is 10.2. The van der Waals surface area contributed by atoms with Crippen LogP contribution in [0.5, 0.6) is 0 Å². The molecular weight excluding hydrogens is 408 g/mol. The van der Waals surface area contributed by atoms with Crippen molar-refractivity contribution in [2.45, 2.75) is 11.4 Å². The van der Waals surface area contributed by atoms with Crippen LogP contribution in [0.15, 0.2) is 56.3 Å². The van der Waals surface area contributed by atoms with Gasteiger partial charge in [0.15, 0.2) is 0 Å². The number of halogens is 2. The van der Waals surface area contributed by atoms with Crippen molar-refractivity contribution in [3.63, 3.8) is 0 Å². The fourth-order valence-electron chi connectivity index (χ4n) is 1.60. The second-order valence-electron chi connectivity index (χ2n) is 4.13. The summed E-state index contributed by atoms with van der Waals surface area (Å²) in [6.45, 7) is 0.210. The third kappa shape index (κ3) is 3.82. The summed E-state index contributed by atoms with van der Waals surface area (Å²) in [4.78, 5) is 0.0731. The monoisotopic (exact) mass is 418 g/mol. The molecule has 0 unspecified atom stereocenters. The molecule has 4 nitrogen and oxygen atoms in total. The number of benzene rings is 2. The van der Waals surface area contributed by atoms with E-state index >= 15 is 0 Å². The Morgan fingerprint density at radius 1 is 1.00 bits per heavy atom. The normalized spacial score (nSPS) is 11.5. The molecule has 0 saturated heterocycles. The van der Waals surface area contributed by atoms with Gasteiger partial charge in [-0.2, -0.15) is 0 Å². The Morgan fingerprint density at radius 3 is 2.25 bits per heavy atom. The number of hydrogen-bond donors (Lipinski definition) is 2. The van der Waals surface area contributed by atoms with Gasteiger partial charge in [-0.25, -0.2) is 13.1 Å². The van der Waals surface area contributed by atoms with E-state index in [1.54, 1.807) is 12.1 Å². The van der Waals surface area contributed by atoms with Gasteiger partial charge in [0.25, 0.3) is 0 Å². The fourth-order valence-corrected chi connectivity index (χ4v) is 3.55. The number of nitrogens with one attached hydrogen (secondary N) is 1. The highest BCUT2D eigenvalue weighted by molar-refractivity contribution is 9.10. The average molecular weight is 420 g/mol. The van der Waals surface area contributed by atoms with Crippen LogP contribution in [0.4, 0.5) is 5.69 Å². The number of hydrogen-bond acceptors (Lipinski definition) is 3. The smallest absolute Gasteiger partial charge is 0.242 e. The first-order valence-electron chi connectivity index (χ1n) is 5.67. The second kappa shape index (κ2) is 6.26. The van der Waals surface area contributed by atoms with Gasteiger partial charge in [-0.3, -0.25) is 0 Å². The van der Waals surface area contributed by atoms with Gasteiger partial charge >= 0.3 is 0 Å². The lowest BCUT2D eigenvalue weighted by Crippen LogP contribution is -2.24. The van der Waals surface area contributed by atoms with E-state index in [0.29, 0.717) is 4.47 Å². The molecule has 0 radical (unpaired) electrons. The summed E-state index contributed by atoms with van der Waals surface area (Å²) in [6, 6.07) is 12.1. The first kappa shape index (κ1) is 15.5. The van der Waals surface area contributed by atoms with E-state index in [4.69, 9.17) is 5.73 Å². The zero-order valence-corrected chi connectivity index (χ0v) is 14.3. The van der Waals surface area contributed by atoms with Crippen molar-refractivity contribution in [2.24, 2.45) is 0 Å². The minimum atomic E-state index is -3.64.